The number of piperidine rings is 1. The van der Waals surface area contributed by atoms with Crippen LogP contribution in [0, 0.1) is 0 Å². The first-order chi connectivity index (χ1) is 13.3. The molecule has 1 atom stereocenters. The van der Waals surface area contributed by atoms with Gasteiger partial charge >= 0.3 is 0 Å². The Morgan fingerprint density at radius 2 is 2.15 bits per heavy atom. The standard InChI is InChI=1S/C20H24N4O2S/c1-25-11-9-18-22-20(26-23-18)16-8-5-10-24(12-16)13-19-21-17(14-27-19)15-6-3-2-4-7-15/h2-4,6-7,14,16H,5,8-13H2,1H3. The van der Waals surface area contributed by atoms with Crippen LogP contribution in [0.5, 0.6) is 0 Å². The number of benzene rings is 1. The Labute approximate surface area is 163 Å². The number of thiazole rings is 1. The first-order valence-corrected chi connectivity index (χ1v) is 10.2. The summed E-state index contributed by atoms with van der Waals surface area (Å²) < 4.78 is 10.6. The maximum atomic E-state index is 5.51. The van der Waals surface area contributed by atoms with Crippen molar-refractivity contribution >= 4 is 11.3 Å². The number of aromatic nitrogens is 3. The van der Waals surface area contributed by atoms with E-state index in [1.807, 2.05) is 6.07 Å². The molecule has 0 radical (unpaired) electrons. The van der Waals surface area contributed by atoms with Gasteiger partial charge in [-0.1, -0.05) is 35.5 Å². The highest BCUT2D eigenvalue weighted by molar-refractivity contribution is 7.09. The van der Waals surface area contributed by atoms with Crippen LogP contribution >= 0.6 is 11.3 Å². The van der Waals surface area contributed by atoms with Crippen molar-refractivity contribution in [1.29, 1.82) is 0 Å². The molecule has 0 saturated carbocycles. The molecule has 2 aromatic heterocycles. The fourth-order valence-electron chi connectivity index (χ4n) is 3.45. The van der Waals surface area contributed by atoms with Gasteiger partial charge in [-0.05, 0) is 19.4 Å². The predicted octanol–water partition coefficient (Wildman–Crippen LogP) is 3.76. The van der Waals surface area contributed by atoms with Gasteiger partial charge in [0.05, 0.1) is 24.8 Å². The van der Waals surface area contributed by atoms with Gasteiger partial charge in [-0.2, -0.15) is 4.98 Å². The summed E-state index contributed by atoms with van der Waals surface area (Å²) in [4.78, 5) is 11.8. The Bertz CT molecular complexity index is 849. The molecule has 6 nitrogen and oxygen atoms in total. The molecule has 3 aromatic rings. The Kier molecular flexibility index (Phi) is 5.91. The van der Waals surface area contributed by atoms with Gasteiger partial charge in [0.15, 0.2) is 5.82 Å². The second-order valence-electron chi connectivity index (χ2n) is 6.86. The SMILES string of the molecule is COCCc1noc(C2CCCN(Cc3nc(-c4ccccc4)cs3)C2)n1. The van der Waals surface area contributed by atoms with Crippen LogP contribution in [0.15, 0.2) is 40.2 Å². The number of methoxy groups -OCH3 is 1. The van der Waals surface area contributed by atoms with E-state index in [9.17, 15) is 0 Å². The minimum atomic E-state index is 0.302. The molecule has 142 valence electrons. The average Bonchev–Trinajstić information content (AvgIpc) is 3.37. The van der Waals surface area contributed by atoms with E-state index in [1.165, 1.54) is 5.56 Å². The van der Waals surface area contributed by atoms with E-state index in [1.54, 1.807) is 18.4 Å². The monoisotopic (exact) mass is 384 g/mol. The van der Waals surface area contributed by atoms with E-state index in [-0.39, 0.29) is 0 Å². The van der Waals surface area contributed by atoms with Crippen molar-refractivity contribution in [3.05, 3.63) is 52.4 Å². The molecule has 27 heavy (non-hydrogen) atoms. The normalized spacial score (nSPS) is 18.0. The van der Waals surface area contributed by atoms with Crippen LogP contribution in [-0.4, -0.2) is 46.8 Å². The van der Waals surface area contributed by atoms with Gasteiger partial charge in [-0.15, -0.1) is 11.3 Å². The third-order valence-electron chi connectivity index (χ3n) is 4.85. The Morgan fingerprint density at radius 3 is 3.00 bits per heavy atom. The zero-order valence-electron chi connectivity index (χ0n) is 15.5. The second kappa shape index (κ2) is 8.73. The van der Waals surface area contributed by atoms with Crippen LogP contribution in [0.1, 0.15) is 35.5 Å². The van der Waals surface area contributed by atoms with E-state index < -0.39 is 0 Å². The molecule has 7 heteroatoms. The maximum Gasteiger partial charge on any atom is 0.231 e. The van der Waals surface area contributed by atoms with E-state index in [4.69, 9.17) is 14.2 Å². The minimum absolute atomic E-state index is 0.302. The smallest absolute Gasteiger partial charge is 0.231 e. The molecule has 1 aliphatic heterocycles. The molecule has 3 heterocycles. The Balaban J connectivity index is 1.37. The molecule has 0 bridgehead atoms. The Morgan fingerprint density at radius 1 is 1.26 bits per heavy atom. The van der Waals surface area contributed by atoms with E-state index in [0.717, 1.165) is 54.9 Å². The predicted molar refractivity (Wildman–Crippen MR) is 105 cm³/mol. The highest BCUT2D eigenvalue weighted by Gasteiger charge is 2.26. The van der Waals surface area contributed by atoms with Gasteiger partial charge in [0.25, 0.3) is 0 Å². The van der Waals surface area contributed by atoms with Gasteiger partial charge in [0, 0.05) is 31.0 Å². The summed E-state index contributed by atoms with van der Waals surface area (Å²) in [5.41, 5.74) is 2.23. The summed E-state index contributed by atoms with van der Waals surface area (Å²) >= 11 is 1.73. The fraction of sp³-hybridized carbons (Fsp3) is 0.450. The van der Waals surface area contributed by atoms with Gasteiger partial charge in [0.2, 0.25) is 5.89 Å². The number of hydrogen-bond donors (Lipinski definition) is 0. The van der Waals surface area contributed by atoms with Crippen molar-refractivity contribution in [1.82, 2.24) is 20.0 Å². The van der Waals surface area contributed by atoms with Crippen LogP contribution in [0.25, 0.3) is 11.3 Å². The highest BCUT2D eigenvalue weighted by Crippen LogP contribution is 2.28. The van der Waals surface area contributed by atoms with E-state index in [2.05, 4.69) is 44.7 Å². The molecule has 1 aromatic carbocycles. The van der Waals surface area contributed by atoms with Crippen LogP contribution < -0.4 is 0 Å². The third kappa shape index (κ3) is 4.61. The fourth-order valence-corrected chi connectivity index (χ4v) is 4.29. The average molecular weight is 385 g/mol. The molecule has 0 spiro atoms. The van der Waals surface area contributed by atoms with Gasteiger partial charge in [-0.3, -0.25) is 4.90 Å². The van der Waals surface area contributed by atoms with Crippen molar-refractivity contribution in [2.24, 2.45) is 0 Å². The van der Waals surface area contributed by atoms with Crippen LogP contribution in [-0.2, 0) is 17.7 Å². The van der Waals surface area contributed by atoms with Crippen molar-refractivity contribution < 1.29 is 9.26 Å². The number of rotatable bonds is 7. The summed E-state index contributed by atoms with van der Waals surface area (Å²) in [6.45, 7) is 3.51. The van der Waals surface area contributed by atoms with Crippen molar-refractivity contribution in [3.63, 3.8) is 0 Å². The lowest BCUT2D eigenvalue weighted by atomic mass is 9.98. The molecular weight excluding hydrogens is 360 g/mol. The lowest BCUT2D eigenvalue weighted by Gasteiger charge is -2.30. The highest BCUT2D eigenvalue weighted by atomic mass is 32.1. The number of nitrogens with zero attached hydrogens (tertiary/aromatic N) is 4. The van der Waals surface area contributed by atoms with Gasteiger partial charge < -0.3 is 9.26 Å². The molecule has 0 aliphatic carbocycles. The molecule has 1 aliphatic rings. The quantitative estimate of drug-likeness (QED) is 0.618. The van der Waals surface area contributed by atoms with Crippen molar-refractivity contribution in [2.75, 3.05) is 26.8 Å². The van der Waals surface area contributed by atoms with Crippen molar-refractivity contribution in [2.45, 2.75) is 31.7 Å². The molecule has 1 saturated heterocycles. The maximum absolute atomic E-state index is 5.51. The summed E-state index contributed by atoms with van der Waals surface area (Å²) in [6.07, 6.45) is 2.92. The largest absolute Gasteiger partial charge is 0.384 e. The molecule has 0 N–H and O–H groups in total. The van der Waals surface area contributed by atoms with Crippen LogP contribution in [0.4, 0.5) is 0 Å². The second-order valence-corrected chi connectivity index (χ2v) is 7.80. The number of hydrogen-bond acceptors (Lipinski definition) is 7. The van der Waals surface area contributed by atoms with Crippen LogP contribution in [0.2, 0.25) is 0 Å². The number of likely N-dealkylation sites (tertiary alicyclic amines) is 1. The van der Waals surface area contributed by atoms with Crippen molar-refractivity contribution in [3.8, 4) is 11.3 Å². The first-order valence-electron chi connectivity index (χ1n) is 9.35. The van der Waals surface area contributed by atoms with Gasteiger partial charge in [-0.25, -0.2) is 4.98 Å². The third-order valence-corrected chi connectivity index (χ3v) is 5.68. The molecule has 1 fully saturated rings. The molecular formula is C20H24N4O2S. The molecule has 4 rings (SSSR count). The summed E-state index contributed by atoms with van der Waals surface area (Å²) in [5.74, 6) is 1.79. The summed E-state index contributed by atoms with van der Waals surface area (Å²) in [6, 6.07) is 10.3. The molecule has 1 unspecified atom stereocenters. The Hall–Kier alpha value is -2.09. The van der Waals surface area contributed by atoms with Gasteiger partial charge in [0.1, 0.15) is 5.01 Å². The zero-order valence-corrected chi connectivity index (χ0v) is 16.3. The first kappa shape index (κ1) is 18.3. The summed E-state index contributed by atoms with van der Waals surface area (Å²) in [5, 5.41) is 7.38. The zero-order chi connectivity index (χ0) is 18.5. The van der Waals surface area contributed by atoms with Crippen LogP contribution in [0.3, 0.4) is 0 Å². The lowest BCUT2D eigenvalue weighted by molar-refractivity contribution is 0.180. The topological polar surface area (TPSA) is 64.3 Å². The van der Waals surface area contributed by atoms with E-state index in [0.29, 0.717) is 18.9 Å². The van der Waals surface area contributed by atoms with E-state index >= 15 is 0 Å². The lowest BCUT2D eigenvalue weighted by Crippen LogP contribution is -2.34. The minimum Gasteiger partial charge on any atom is -0.384 e. The summed E-state index contributed by atoms with van der Waals surface area (Å²) in [7, 11) is 1.68. The molecule has 0 amide bonds. The number of ether oxygens (including phenoxy) is 1.